The first kappa shape index (κ1) is 15.6. The molecule has 1 fully saturated rings. The molecule has 1 aliphatic heterocycles. The van der Waals surface area contributed by atoms with E-state index in [2.05, 4.69) is 5.32 Å². The van der Waals surface area contributed by atoms with Gasteiger partial charge >= 0.3 is 0 Å². The molecule has 4 nitrogen and oxygen atoms in total. The van der Waals surface area contributed by atoms with Crippen molar-refractivity contribution in [2.45, 2.75) is 25.6 Å². The van der Waals surface area contributed by atoms with Crippen LogP contribution < -0.4 is 5.32 Å². The molecule has 0 aliphatic carbocycles. The molecule has 1 aromatic carbocycles. The fourth-order valence-electron chi connectivity index (χ4n) is 2.62. The third kappa shape index (κ3) is 3.12. The Morgan fingerprint density at radius 2 is 1.90 bits per heavy atom. The van der Waals surface area contributed by atoms with Gasteiger partial charge in [0.15, 0.2) is 0 Å². The second kappa shape index (κ2) is 6.33. The van der Waals surface area contributed by atoms with Crippen molar-refractivity contribution in [1.29, 1.82) is 0 Å². The van der Waals surface area contributed by atoms with E-state index in [9.17, 15) is 4.79 Å². The number of carbonyl (C=O) groups excluding carboxylic acids is 1. The molecule has 1 aliphatic rings. The number of nitrogens with zero attached hydrogens (tertiary/aromatic N) is 1. The standard InChI is InChI=1S/C16H18N2O2.ClH/c1-11-8-9-14(20-11)15-17-13(16(19)18(15)2)10-12-6-4-3-5-7-12;/h3-9,13,15,17H,10H2,1-2H3;1H. The zero-order chi connectivity index (χ0) is 14.1. The van der Waals surface area contributed by atoms with Crippen LogP contribution in [0.15, 0.2) is 46.9 Å². The largest absolute Gasteiger partial charge is 0.463 e. The maximum Gasteiger partial charge on any atom is 0.241 e. The smallest absolute Gasteiger partial charge is 0.241 e. The maximum absolute atomic E-state index is 12.3. The second-order valence-corrected chi connectivity index (χ2v) is 5.21. The van der Waals surface area contributed by atoms with Crippen molar-refractivity contribution in [2.75, 3.05) is 7.05 Å². The van der Waals surface area contributed by atoms with E-state index >= 15 is 0 Å². The Balaban J connectivity index is 0.00000161. The van der Waals surface area contributed by atoms with Gasteiger partial charge in [0, 0.05) is 7.05 Å². The minimum atomic E-state index is -0.196. The zero-order valence-corrected chi connectivity index (χ0v) is 12.9. The number of hydrogen-bond donors (Lipinski definition) is 1. The highest BCUT2D eigenvalue weighted by Crippen LogP contribution is 2.26. The zero-order valence-electron chi connectivity index (χ0n) is 12.1. The van der Waals surface area contributed by atoms with Crippen LogP contribution >= 0.6 is 12.4 Å². The van der Waals surface area contributed by atoms with Gasteiger partial charge in [0.2, 0.25) is 5.91 Å². The molecule has 2 atom stereocenters. The van der Waals surface area contributed by atoms with Gasteiger partial charge < -0.3 is 9.32 Å². The molecule has 21 heavy (non-hydrogen) atoms. The molecule has 1 saturated heterocycles. The van der Waals surface area contributed by atoms with Crippen molar-refractivity contribution in [1.82, 2.24) is 10.2 Å². The minimum absolute atomic E-state index is 0. The van der Waals surface area contributed by atoms with Gasteiger partial charge in [-0.25, -0.2) is 0 Å². The highest BCUT2D eigenvalue weighted by Gasteiger charge is 2.38. The molecule has 0 bridgehead atoms. The molecule has 2 unspecified atom stereocenters. The van der Waals surface area contributed by atoms with Gasteiger partial charge in [-0.3, -0.25) is 10.1 Å². The van der Waals surface area contributed by atoms with E-state index in [0.717, 1.165) is 17.1 Å². The monoisotopic (exact) mass is 306 g/mol. The van der Waals surface area contributed by atoms with Crippen molar-refractivity contribution in [3.63, 3.8) is 0 Å². The lowest BCUT2D eigenvalue weighted by molar-refractivity contribution is -0.129. The molecule has 0 radical (unpaired) electrons. The van der Waals surface area contributed by atoms with E-state index < -0.39 is 0 Å². The number of amides is 1. The number of aryl methyl sites for hydroxylation is 1. The summed E-state index contributed by atoms with van der Waals surface area (Å²) in [6.45, 7) is 1.90. The summed E-state index contributed by atoms with van der Waals surface area (Å²) in [5.41, 5.74) is 1.16. The van der Waals surface area contributed by atoms with Gasteiger partial charge in [-0.05, 0) is 31.0 Å². The van der Waals surface area contributed by atoms with Crippen LogP contribution in [0, 0.1) is 6.92 Å². The van der Waals surface area contributed by atoms with Crippen LogP contribution in [0.25, 0.3) is 0 Å². The van der Waals surface area contributed by atoms with Crippen molar-refractivity contribution < 1.29 is 9.21 Å². The molecule has 2 aromatic rings. The SMILES string of the molecule is Cc1ccc(C2NC(Cc3ccccc3)C(=O)N2C)o1.Cl. The lowest BCUT2D eigenvalue weighted by atomic mass is 10.1. The fraction of sp³-hybridized carbons (Fsp3) is 0.312. The topological polar surface area (TPSA) is 45.5 Å². The number of furan rings is 1. The molecule has 3 rings (SSSR count). The number of rotatable bonds is 3. The summed E-state index contributed by atoms with van der Waals surface area (Å²) in [5.74, 6) is 1.75. The number of halogens is 1. The van der Waals surface area contributed by atoms with Gasteiger partial charge in [-0.2, -0.15) is 0 Å². The van der Waals surface area contributed by atoms with Crippen LogP contribution in [-0.4, -0.2) is 23.9 Å². The molecule has 0 spiro atoms. The van der Waals surface area contributed by atoms with E-state index in [1.807, 2.05) is 56.4 Å². The van der Waals surface area contributed by atoms with Crippen molar-refractivity contribution in [3.8, 4) is 0 Å². The van der Waals surface area contributed by atoms with Gasteiger partial charge in [0.1, 0.15) is 17.7 Å². The summed E-state index contributed by atoms with van der Waals surface area (Å²) < 4.78 is 5.63. The van der Waals surface area contributed by atoms with E-state index in [4.69, 9.17) is 4.42 Å². The predicted octanol–water partition coefficient (Wildman–Crippen LogP) is 2.68. The van der Waals surface area contributed by atoms with Gasteiger partial charge in [0.05, 0.1) is 6.04 Å². The summed E-state index contributed by atoms with van der Waals surface area (Å²) in [6, 6.07) is 13.7. The Morgan fingerprint density at radius 3 is 2.52 bits per heavy atom. The van der Waals surface area contributed by atoms with Crippen molar-refractivity contribution in [3.05, 3.63) is 59.5 Å². The van der Waals surface area contributed by atoms with Crippen LogP contribution in [0.5, 0.6) is 0 Å². The van der Waals surface area contributed by atoms with E-state index in [0.29, 0.717) is 6.42 Å². The van der Waals surface area contributed by atoms with Gasteiger partial charge in [0.25, 0.3) is 0 Å². The molecular weight excluding hydrogens is 288 g/mol. The van der Waals surface area contributed by atoms with E-state index in [1.54, 1.807) is 4.90 Å². The second-order valence-electron chi connectivity index (χ2n) is 5.21. The summed E-state index contributed by atoms with van der Waals surface area (Å²) in [5, 5.41) is 3.35. The third-order valence-electron chi connectivity index (χ3n) is 3.71. The Bertz CT molecular complexity index is 612. The molecule has 1 N–H and O–H groups in total. The van der Waals surface area contributed by atoms with Crippen LogP contribution in [0.1, 0.15) is 23.2 Å². The molecule has 1 aromatic heterocycles. The van der Waals surface area contributed by atoms with Crippen LogP contribution in [0.4, 0.5) is 0 Å². The summed E-state index contributed by atoms with van der Waals surface area (Å²) in [7, 11) is 1.81. The quantitative estimate of drug-likeness (QED) is 0.948. The number of nitrogens with one attached hydrogen (secondary N) is 1. The molecule has 2 heterocycles. The van der Waals surface area contributed by atoms with Crippen molar-refractivity contribution >= 4 is 18.3 Å². The van der Waals surface area contributed by atoms with Crippen LogP contribution in [0.2, 0.25) is 0 Å². The Labute approximate surface area is 130 Å². The molecular formula is C16H19ClN2O2. The number of carbonyl (C=O) groups is 1. The molecule has 5 heteroatoms. The molecule has 1 amide bonds. The van der Waals surface area contributed by atoms with E-state index in [-0.39, 0.29) is 30.5 Å². The van der Waals surface area contributed by atoms with E-state index in [1.165, 1.54) is 0 Å². The number of benzene rings is 1. The van der Waals surface area contributed by atoms with Crippen molar-refractivity contribution in [2.24, 2.45) is 0 Å². The Morgan fingerprint density at radius 1 is 1.19 bits per heavy atom. The normalized spacial score (nSPS) is 21.4. The summed E-state index contributed by atoms with van der Waals surface area (Å²) in [6.07, 6.45) is 0.519. The van der Waals surface area contributed by atoms with Gasteiger partial charge in [-0.15, -0.1) is 12.4 Å². The average molecular weight is 307 g/mol. The summed E-state index contributed by atoms with van der Waals surface area (Å²) >= 11 is 0. The Kier molecular flexibility index (Phi) is 4.70. The van der Waals surface area contributed by atoms with Crippen LogP contribution in [0.3, 0.4) is 0 Å². The number of hydrogen-bond acceptors (Lipinski definition) is 3. The maximum atomic E-state index is 12.3. The first-order chi connectivity index (χ1) is 9.65. The van der Waals surface area contributed by atoms with Gasteiger partial charge in [-0.1, -0.05) is 30.3 Å². The molecule has 112 valence electrons. The Hall–Kier alpha value is -1.78. The first-order valence-corrected chi connectivity index (χ1v) is 6.78. The minimum Gasteiger partial charge on any atom is -0.463 e. The third-order valence-corrected chi connectivity index (χ3v) is 3.71. The highest BCUT2D eigenvalue weighted by molar-refractivity contribution is 5.85. The number of likely N-dealkylation sites (N-methyl/N-ethyl adjacent to an activating group) is 1. The summed E-state index contributed by atoms with van der Waals surface area (Å²) in [4.78, 5) is 14.0. The predicted molar refractivity (Wildman–Crippen MR) is 83.3 cm³/mol. The molecule has 0 saturated carbocycles. The fourth-order valence-corrected chi connectivity index (χ4v) is 2.62. The first-order valence-electron chi connectivity index (χ1n) is 6.78. The lowest BCUT2D eigenvalue weighted by Crippen LogP contribution is -2.31. The highest BCUT2D eigenvalue weighted by atomic mass is 35.5. The lowest BCUT2D eigenvalue weighted by Gasteiger charge is -2.16. The average Bonchev–Trinajstić information content (AvgIpc) is 2.99. The van der Waals surface area contributed by atoms with Crippen LogP contribution in [-0.2, 0) is 11.2 Å².